The summed E-state index contributed by atoms with van der Waals surface area (Å²) in [7, 11) is 1.54. The highest BCUT2D eigenvalue weighted by Gasteiger charge is 2.23. The molecule has 0 aliphatic carbocycles. The molecule has 0 amide bonds. The summed E-state index contributed by atoms with van der Waals surface area (Å²) < 4.78 is 18.7. The van der Waals surface area contributed by atoms with Crippen molar-refractivity contribution in [2.75, 3.05) is 31.6 Å². The van der Waals surface area contributed by atoms with E-state index in [2.05, 4.69) is 0 Å². The van der Waals surface area contributed by atoms with E-state index in [0.29, 0.717) is 23.9 Å². The normalized spacial score (nSPS) is 20.2. The Kier molecular flexibility index (Phi) is 3.29. The number of halogens is 1. The second-order valence-corrected chi connectivity index (χ2v) is 4.15. The number of hydrogen-bond acceptors (Lipinski definition) is 3. The number of hydrogen-bond donors (Lipinski definition) is 1. The van der Waals surface area contributed by atoms with Gasteiger partial charge in [-0.2, -0.15) is 0 Å². The lowest BCUT2D eigenvalue weighted by Crippen LogP contribution is -2.23. The predicted octanol–water partition coefficient (Wildman–Crippen LogP) is 1.62. The fourth-order valence-electron chi connectivity index (χ4n) is 2.11. The van der Waals surface area contributed by atoms with Gasteiger partial charge >= 0.3 is 0 Å². The van der Waals surface area contributed by atoms with Gasteiger partial charge in [-0.1, -0.05) is 0 Å². The van der Waals surface area contributed by atoms with Crippen molar-refractivity contribution in [2.45, 2.75) is 6.42 Å². The van der Waals surface area contributed by atoms with Crippen molar-refractivity contribution in [3.05, 3.63) is 24.0 Å². The van der Waals surface area contributed by atoms with Gasteiger partial charge in [0.1, 0.15) is 11.6 Å². The topological polar surface area (TPSA) is 38.5 Å². The van der Waals surface area contributed by atoms with E-state index in [9.17, 15) is 4.39 Å². The minimum Gasteiger partial charge on any atom is -0.497 e. The predicted molar refractivity (Wildman–Crippen MR) is 62.3 cm³/mol. The van der Waals surface area contributed by atoms with E-state index in [0.717, 1.165) is 19.5 Å². The molecule has 0 saturated carbocycles. The van der Waals surface area contributed by atoms with Crippen LogP contribution >= 0.6 is 0 Å². The van der Waals surface area contributed by atoms with Gasteiger partial charge in [-0.25, -0.2) is 4.39 Å². The molecule has 1 fully saturated rings. The molecule has 1 aromatic carbocycles. The molecule has 88 valence electrons. The lowest BCUT2D eigenvalue weighted by molar-refractivity contribution is 0.411. The summed E-state index contributed by atoms with van der Waals surface area (Å²) in [6.45, 7) is 2.40. The Bertz CT molecular complexity index is 370. The number of ether oxygens (including phenoxy) is 1. The van der Waals surface area contributed by atoms with Crippen molar-refractivity contribution < 1.29 is 9.13 Å². The Hall–Kier alpha value is -1.29. The van der Waals surface area contributed by atoms with Crippen LogP contribution in [-0.2, 0) is 0 Å². The van der Waals surface area contributed by atoms with Gasteiger partial charge in [0, 0.05) is 19.2 Å². The van der Waals surface area contributed by atoms with Crippen LogP contribution in [0, 0.1) is 11.7 Å². The summed E-state index contributed by atoms with van der Waals surface area (Å²) in [5, 5.41) is 0. The third-order valence-corrected chi connectivity index (χ3v) is 3.11. The molecule has 0 bridgehead atoms. The first-order valence-electron chi connectivity index (χ1n) is 5.53. The minimum absolute atomic E-state index is 0.225. The van der Waals surface area contributed by atoms with Crippen LogP contribution in [0.5, 0.6) is 5.75 Å². The van der Waals surface area contributed by atoms with E-state index < -0.39 is 0 Å². The largest absolute Gasteiger partial charge is 0.497 e. The first-order chi connectivity index (χ1) is 7.74. The Morgan fingerprint density at radius 3 is 2.94 bits per heavy atom. The minimum atomic E-state index is -0.225. The van der Waals surface area contributed by atoms with Crippen LogP contribution in [0.2, 0.25) is 0 Å². The lowest BCUT2D eigenvalue weighted by atomic mass is 10.1. The quantitative estimate of drug-likeness (QED) is 0.848. The van der Waals surface area contributed by atoms with E-state index in [4.69, 9.17) is 10.5 Å². The van der Waals surface area contributed by atoms with Gasteiger partial charge in [0.25, 0.3) is 0 Å². The van der Waals surface area contributed by atoms with E-state index in [-0.39, 0.29) is 5.82 Å². The van der Waals surface area contributed by atoms with Gasteiger partial charge in [0.15, 0.2) is 0 Å². The molecule has 1 aliphatic rings. The molecular formula is C12H17FN2O. The van der Waals surface area contributed by atoms with Gasteiger partial charge < -0.3 is 15.4 Å². The first-order valence-corrected chi connectivity index (χ1v) is 5.53. The van der Waals surface area contributed by atoms with Gasteiger partial charge in [-0.05, 0) is 31.0 Å². The van der Waals surface area contributed by atoms with Crippen LogP contribution in [0.3, 0.4) is 0 Å². The second-order valence-electron chi connectivity index (χ2n) is 4.15. The average molecular weight is 224 g/mol. The number of rotatable bonds is 3. The summed E-state index contributed by atoms with van der Waals surface area (Å²) in [5.74, 6) is 0.814. The zero-order valence-electron chi connectivity index (χ0n) is 9.45. The van der Waals surface area contributed by atoms with Gasteiger partial charge in [-0.3, -0.25) is 0 Å². The summed E-state index contributed by atoms with van der Waals surface area (Å²) in [5.41, 5.74) is 6.27. The Morgan fingerprint density at radius 1 is 1.56 bits per heavy atom. The monoisotopic (exact) mass is 224 g/mol. The van der Waals surface area contributed by atoms with Gasteiger partial charge in [0.2, 0.25) is 0 Å². The van der Waals surface area contributed by atoms with Crippen LogP contribution < -0.4 is 15.4 Å². The number of methoxy groups -OCH3 is 1. The number of benzene rings is 1. The van der Waals surface area contributed by atoms with E-state index in [1.807, 2.05) is 4.90 Å². The zero-order valence-corrected chi connectivity index (χ0v) is 9.45. The standard InChI is InChI=1S/C12H17FN2O/c1-16-10-2-3-12(11(13)6-10)15-5-4-9(7-14)8-15/h2-3,6,9H,4-5,7-8,14H2,1H3. The number of nitrogens with two attached hydrogens (primary N) is 1. The van der Waals surface area contributed by atoms with Crippen molar-refractivity contribution in [3.8, 4) is 5.75 Å². The molecule has 1 unspecified atom stereocenters. The second kappa shape index (κ2) is 4.70. The Morgan fingerprint density at radius 2 is 2.38 bits per heavy atom. The molecule has 3 nitrogen and oxygen atoms in total. The maximum atomic E-state index is 13.8. The van der Waals surface area contributed by atoms with Crippen molar-refractivity contribution in [1.29, 1.82) is 0 Å². The maximum Gasteiger partial charge on any atom is 0.150 e. The highest BCUT2D eigenvalue weighted by atomic mass is 19.1. The molecule has 16 heavy (non-hydrogen) atoms. The molecule has 1 aliphatic heterocycles. The SMILES string of the molecule is COc1ccc(N2CCC(CN)C2)c(F)c1. The molecule has 0 spiro atoms. The van der Waals surface area contributed by atoms with E-state index in [1.54, 1.807) is 12.1 Å². The molecule has 0 aromatic heterocycles. The number of nitrogens with zero attached hydrogens (tertiary/aromatic N) is 1. The van der Waals surface area contributed by atoms with Crippen LogP contribution in [0.1, 0.15) is 6.42 Å². The van der Waals surface area contributed by atoms with Gasteiger partial charge in [0.05, 0.1) is 12.8 Å². The highest BCUT2D eigenvalue weighted by Crippen LogP contribution is 2.28. The summed E-state index contributed by atoms with van der Waals surface area (Å²) in [6, 6.07) is 4.98. The van der Waals surface area contributed by atoms with Crippen LogP contribution in [0.25, 0.3) is 0 Å². The van der Waals surface area contributed by atoms with Crippen molar-refractivity contribution >= 4 is 5.69 Å². The van der Waals surface area contributed by atoms with Crippen molar-refractivity contribution in [3.63, 3.8) is 0 Å². The molecule has 1 heterocycles. The molecular weight excluding hydrogens is 207 g/mol. The van der Waals surface area contributed by atoms with Crippen LogP contribution in [0.4, 0.5) is 10.1 Å². The molecule has 1 aromatic rings. The maximum absolute atomic E-state index is 13.8. The highest BCUT2D eigenvalue weighted by molar-refractivity contribution is 5.51. The Balaban J connectivity index is 2.15. The third kappa shape index (κ3) is 2.11. The first kappa shape index (κ1) is 11.2. The smallest absolute Gasteiger partial charge is 0.150 e. The van der Waals surface area contributed by atoms with Crippen molar-refractivity contribution in [1.82, 2.24) is 0 Å². The third-order valence-electron chi connectivity index (χ3n) is 3.11. The molecule has 2 rings (SSSR count). The van der Waals surface area contributed by atoms with Crippen LogP contribution in [-0.4, -0.2) is 26.7 Å². The molecule has 4 heteroatoms. The fourth-order valence-corrected chi connectivity index (χ4v) is 2.11. The summed E-state index contributed by atoms with van der Waals surface area (Å²) in [4.78, 5) is 2.05. The van der Waals surface area contributed by atoms with Crippen molar-refractivity contribution in [2.24, 2.45) is 11.7 Å². The molecule has 2 N–H and O–H groups in total. The van der Waals surface area contributed by atoms with E-state index in [1.165, 1.54) is 13.2 Å². The lowest BCUT2D eigenvalue weighted by Gasteiger charge is -2.19. The average Bonchev–Trinajstić information content (AvgIpc) is 2.77. The fraction of sp³-hybridized carbons (Fsp3) is 0.500. The molecule has 0 radical (unpaired) electrons. The summed E-state index contributed by atoms with van der Waals surface area (Å²) in [6.07, 6.45) is 1.04. The number of anilines is 1. The zero-order chi connectivity index (χ0) is 11.5. The van der Waals surface area contributed by atoms with Gasteiger partial charge in [-0.15, -0.1) is 0 Å². The summed E-state index contributed by atoms with van der Waals surface area (Å²) >= 11 is 0. The Labute approximate surface area is 95.0 Å². The van der Waals surface area contributed by atoms with E-state index >= 15 is 0 Å². The van der Waals surface area contributed by atoms with Crippen LogP contribution in [0.15, 0.2) is 18.2 Å². The molecule has 1 atom stereocenters. The molecule has 1 saturated heterocycles.